The van der Waals surface area contributed by atoms with Crippen LogP contribution < -0.4 is 5.32 Å². The third-order valence-electron chi connectivity index (χ3n) is 5.00. The number of rotatable bonds is 7. The van der Waals surface area contributed by atoms with Crippen molar-refractivity contribution < 1.29 is 13.2 Å². The molecule has 7 nitrogen and oxygen atoms in total. The van der Waals surface area contributed by atoms with Crippen LogP contribution in [0.5, 0.6) is 0 Å². The maximum atomic E-state index is 12.5. The van der Waals surface area contributed by atoms with Crippen molar-refractivity contribution in [1.82, 2.24) is 19.8 Å². The van der Waals surface area contributed by atoms with Gasteiger partial charge in [-0.1, -0.05) is 20.3 Å². The molecule has 0 unspecified atom stereocenters. The maximum Gasteiger partial charge on any atom is 0.272 e. The van der Waals surface area contributed by atoms with E-state index in [9.17, 15) is 13.2 Å². The Morgan fingerprint density at radius 1 is 1.36 bits per heavy atom. The van der Waals surface area contributed by atoms with Crippen LogP contribution in [0.1, 0.15) is 61.5 Å². The van der Waals surface area contributed by atoms with Crippen LogP contribution in [-0.2, 0) is 10.0 Å². The number of sulfonamides is 1. The second-order valence-corrected chi connectivity index (χ2v) is 9.28. The van der Waals surface area contributed by atoms with E-state index in [-0.39, 0.29) is 23.6 Å². The predicted octanol–water partition coefficient (Wildman–Crippen LogP) is 1.53. The summed E-state index contributed by atoms with van der Waals surface area (Å²) >= 11 is 0. The molecule has 1 aromatic rings. The van der Waals surface area contributed by atoms with Gasteiger partial charge in [-0.05, 0) is 42.7 Å². The van der Waals surface area contributed by atoms with E-state index in [0.29, 0.717) is 31.1 Å². The number of aromatic nitrogens is 2. The molecule has 0 radical (unpaired) electrons. The van der Waals surface area contributed by atoms with E-state index < -0.39 is 10.0 Å². The third kappa shape index (κ3) is 4.36. The smallest absolute Gasteiger partial charge is 0.272 e. The molecule has 25 heavy (non-hydrogen) atoms. The second-order valence-electron chi connectivity index (χ2n) is 7.19. The van der Waals surface area contributed by atoms with Crippen molar-refractivity contribution in [3.8, 4) is 0 Å². The third-order valence-corrected chi connectivity index (χ3v) is 6.89. The normalized spacial score (nSPS) is 24.4. The molecular weight excluding hydrogens is 340 g/mol. The molecule has 2 heterocycles. The van der Waals surface area contributed by atoms with E-state index in [1.807, 2.05) is 13.8 Å². The zero-order valence-corrected chi connectivity index (χ0v) is 15.6. The molecule has 0 bridgehead atoms. The summed E-state index contributed by atoms with van der Waals surface area (Å²) in [5.41, 5.74) is 1.37. The molecule has 2 aliphatic rings. The quantitative estimate of drug-likeness (QED) is 0.790. The first-order valence-electron chi connectivity index (χ1n) is 9.02. The lowest BCUT2D eigenvalue weighted by atomic mass is 10.1. The molecule has 1 saturated carbocycles. The molecule has 0 aromatic carbocycles. The van der Waals surface area contributed by atoms with Crippen molar-refractivity contribution in [3.05, 3.63) is 23.5 Å². The van der Waals surface area contributed by atoms with E-state index >= 15 is 0 Å². The number of nitrogens with zero attached hydrogens (tertiary/aromatic N) is 3. The van der Waals surface area contributed by atoms with E-state index in [1.54, 1.807) is 12.3 Å². The number of nitrogens with one attached hydrogen (secondary N) is 1. The van der Waals surface area contributed by atoms with Gasteiger partial charge in [0, 0.05) is 19.1 Å². The number of hydrogen-bond donors (Lipinski definition) is 1. The van der Waals surface area contributed by atoms with Crippen molar-refractivity contribution in [2.75, 3.05) is 18.8 Å². The van der Waals surface area contributed by atoms with Gasteiger partial charge in [-0.3, -0.25) is 4.79 Å². The van der Waals surface area contributed by atoms with Crippen LogP contribution in [0.4, 0.5) is 0 Å². The Labute approximate surface area is 149 Å². The van der Waals surface area contributed by atoms with Gasteiger partial charge in [-0.15, -0.1) is 5.10 Å². The average Bonchev–Trinajstić information content (AvgIpc) is 3.38. The summed E-state index contributed by atoms with van der Waals surface area (Å²) in [6.07, 6.45) is 5.50. The fourth-order valence-corrected chi connectivity index (χ4v) is 4.93. The van der Waals surface area contributed by atoms with Gasteiger partial charge in [0.25, 0.3) is 5.91 Å². The summed E-state index contributed by atoms with van der Waals surface area (Å²) in [5.74, 6) is 0.470. The molecule has 1 aromatic heterocycles. The van der Waals surface area contributed by atoms with Crippen molar-refractivity contribution in [1.29, 1.82) is 0 Å². The Kier molecular flexibility index (Phi) is 5.38. The van der Waals surface area contributed by atoms with Crippen LogP contribution in [0.25, 0.3) is 0 Å². The summed E-state index contributed by atoms with van der Waals surface area (Å²) < 4.78 is 26.2. The van der Waals surface area contributed by atoms with E-state index in [4.69, 9.17) is 0 Å². The number of carbonyl (C=O) groups is 1. The van der Waals surface area contributed by atoms with Crippen LogP contribution in [0, 0.1) is 5.92 Å². The minimum absolute atomic E-state index is 0.0694. The number of unbranched alkanes of at least 4 members (excludes halogenated alkanes) is 1. The summed E-state index contributed by atoms with van der Waals surface area (Å²) in [5, 5.41) is 10.8. The molecule has 3 rings (SSSR count). The Bertz CT molecular complexity index is 733. The summed E-state index contributed by atoms with van der Waals surface area (Å²) in [6, 6.07) is 1.60. The van der Waals surface area contributed by atoms with Crippen molar-refractivity contribution in [2.24, 2.45) is 5.92 Å². The molecule has 1 N–H and O–H groups in total. The highest BCUT2D eigenvalue weighted by Crippen LogP contribution is 2.39. The Morgan fingerprint density at radius 2 is 2.12 bits per heavy atom. The minimum Gasteiger partial charge on any atom is -0.346 e. The van der Waals surface area contributed by atoms with Crippen LogP contribution in [-0.4, -0.2) is 53.7 Å². The van der Waals surface area contributed by atoms with E-state index in [2.05, 4.69) is 15.5 Å². The van der Waals surface area contributed by atoms with Gasteiger partial charge in [0.1, 0.15) is 0 Å². The predicted molar refractivity (Wildman–Crippen MR) is 94.7 cm³/mol. The maximum absolute atomic E-state index is 12.5. The monoisotopic (exact) mass is 366 g/mol. The molecule has 8 heteroatoms. The van der Waals surface area contributed by atoms with Gasteiger partial charge in [0.2, 0.25) is 10.0 Å². The molecule has 0 spiro atoms. The fraction of sp³-hybridized carbons (Fsp3) is 0.706. The van der Waals surface area contributed by atoms with E-state index in [1.165, 1.54) is 4.31 Å². The lowest BCUT2D eigenvalue weighted by Crippen LogP contribution is -2.41. The van der Waals surface area contributed by atoms with E-state index in [0.717, 1.165) is 24.8 Å². The molecule has 2 fully saturated rings. The second kappa shape index (κ2) is 7.37. The highest BCUT2D eigenvalue weighted by atomic mass is 32.2. The lowest BCUT2D eigenvalue weighted by molar-refractivity contribution is 0.0926. The standard InChI is InChI=1S/C17H26N4O3S/c1-3-4-7-25(23,24)21-10-12(2)16(11-21)19-17(22)15-8-14(9-18-20-15)13-5-6-13/h8-9,12-13,16H,3-7,10-11H2,1-2H3,(H,19,22)/t12-,16+/m0/s1. The van der Waals surface area contributed by atoms with Gasteiger partial charge in [0.15, 0.2) is 5.69 Å². The number of amides is 1. The largest absolute Gasteiger partial charge is 0.346 e. The molecule has 1 aliphatic heterocycles. The molecule has 138 valence electrons. The Morgan fingerprint density at radius 3 is 2.80 bits per heavy atom. The zero-order valence-electron chi connectivity index (χ0n) is 14.8. The van der Waals surface area contributed by atoms with Crippen molar-refractivity contribution in [3.63, 3.8) is 0 Å². The number of carbonyl (C=O) groups excluding carboxylic acids is 1. The van der Waals surface area contributed by atoms with Crippen LogP contribution in [0.3, 0.4) is 0 Å². The Hall–Kier alpha value is -1.54. The topological polar surface area (TPSA) is 92.3 Å². The highest BCUT2D eigenvalue weighted by Gasteiger charge is 2.37. The summed E-state index contributed by atoms with van der Waals surface area (Å²) in [4.78, 5) is 12.5. The SMILES string of the molecule is CCCCS(=O)(=O)N1C[C@H](C)[C@H](NC(=O)c2cc(C3CC3)cnn2)C1. The van der Waals surface area contributed by atoms with Crippen molar-refractivity contribution >= 4 is 15.9 Å². The first-order chi connectivity index (χ1) is 11.9. The first-order valence-corrected chi connectivity index (χ1v) is 10.6. The molecular formula is C17H26N4O3S. The van der Waals surface area contributed by atoms with Crippen LogP contribution >= 0.6 is 0 Å². The summed E-state index contributed by atoms with van der Waals surface area (Å²) in [6.45, 7) is 4.72. The van der Waals surface area contributed by atoms with Gasteiger partial charge in [0.05, 0.1) is 11.9 Å². The molecule has 2 atom stereocenters. The number of hydrogen-bond acceptors (Lipinski definition) is 5. The Balaban J connectivity index is 1.62. The summed E-state index contributed by atoms with van der Waals surface area (Å²) in [7, 11) is -3.24. The molecule has 1 amide bonds. The minimum atomic E-state index is -3.24. The van der Waals surface area contributed by atoms with Gasteiger partial charge >= 0.3 is 0 Å². The van der Waals surface area contributed by atoms with Gasteiger partial charge < -0.3 is 5.32 Å². The van der Waals surface area contributed by atoms with Gasteiger partial charge in [-0.25, -0.2) is 8.42 Å². The highest BCUT2D eigenvalue weighted by molar-refractivity contribution is 7.89. The van der Waals surface area contributed by atoms with Gasteiger partial charge in [-0.2, -0.15) is 9.40 Å². The van der Waals surface area contributed by atoms with Crippen LogP contribution in [0.2, 0.25) is 0 Å². The average molecular weight is 366 g/mol. The fourth-order valence-electron chi connectivity index (χ4n) is 3.17. The zero-order chi connectivity index (χ0) is 18.0. The van der Waals surface area contributed by atoms with Crippen LogP contribution in [0.15, 0.2) is 12.3 Å². The molecule has 1 saturated heterocycles. The first kappa shape index (κ1) is 18.3. The van der Waals surface area contributed by atoms with Crippen molar-refractivity contribution in [2.45, 2.75) is 51.5 Å². The molecule has 1 aliphatic carbocycles. The lowest BCUT2D eigenvalue weighted by Gasteiger charge is -2.17.